The Morgan fingerprint density at radius 1 is 0.643 bits per heavy atom. The monoisotopic (exact) mass is 395 g/mol. The fourth-order valence-corrected chi connectivity index (χ4v) is 2.88. The van der Waals surface area contributed by atoms with Crippen molar-refractivity contribution in [3.05, 3.63) is 0 Å². The van der Waals surface area contributed by atoms with Crippen LogP contribution < -0.4 is 21.7 Å². The zero-order valence-electron chi connectivity index (χ0n) is 18.3. The van der Waals surface area contributed by atoms with E-state index >= 15 is 0 Å². The lowest BCUT2D eigenvalue weighted by Gasteiger charge is -2.18. The van der Waals surface area contributed by atoms with E-state index in [1.165, 1.54) is 0 Å². The van der Waals surface area contributed by atoms with Crippen molar-refractivity contribution in [2.75, 3.05) is 81.4 Å². The van der Waals surface area contributed by atoms with Gasteiger partial charge in [0.1, 0.15) is 0 Å². The van der Waals surface area contributed by atoms with Crippen LogP contribution in [0.5, 0.6) is 0 Å². The molecule has 0 aliphatic carbocycles. The number of aromatic nitrogens is 3. The minimum atomic E-state index is 0.533. The minimum absolute atomic E-state index is 0.533. The summed E-state index contributed by atoms with van der Waals surface area (Å²) >= 11 is 0. The van der Waals surface area contributed by atoms with Crippen LogP contribution in [0.2, 0.25) is 0 Å². The first-order valence-corrected chi connectivity index (χ1v) is 10.8. The van der Waals surface area contributed by atoms with Gasteiger partial charge in [-0.05, 0) is 52.1 Å². The maximum absolute atomic E-state index is 5.58. The van der Waals surface area contributed by atoms with Crippen LogP contribution in [0.3, 0.4) is 0 Å². The van der Waals surface area contributed by atoms with Gasteiger partial charge in [-0.3, -0.25) is 0 Å². The summed E-state index contributed by atoms with van der Waals surface area (Å²) in [7, 11) is 0. The zero-order valence-corrected chi connectivity index (χ0v) is 18.3. The predicted octanol–water partition coefficient (Wildman–Crippen LogP) is 1.53. The zero-order chi connectivity index (χ0) is 20.6. The molecule has 0 amide bonds. The fraction of sp³-hybridized carbons (Fsp3) is 0.842. The molecule has 0 unspecified atom stereocenters. The second-order valence-corrected chi connectivity index (χ2v) is 6.64. The quantitative estimate of drug-likeness (QED) is 0.292. The van der Waals surface area contributed by atoms with E-state index in [1.807, 2.05) is 0 Å². The van der Waals surface area contributed by atoms with E-state index in [0.717, 1.165) is 65.2 Å². The first kappa shape index (κ1) is 24.3. The maximum atomic E-state index is 5.58. The summed E-state index contributed by atoms with van der Waals surface area (Å²) in [5.74, 6) is 1.75. The molecule has 0 spiro atoms. The number of hydrogen-bond donors (Lipinski definition) is 4. The third kappa shape index (κ3) is 10.0. The molecular formula is C19H41N9. The molecule has 9 nitrogen and oxygen atoms in total. The normalized spacial score (nSPS) is 11.2. The van der Waals surface area contributed by atoms with Crippen molar-refractivity contribution in [1.82, 2.24) is 24.8 Å². The number of nitrogens with two attached hydrogens (primary N) is 1. The summed E-state index contributed by atoms with van der Waals surface area (Å²) < 4.78 is 0. The molecule has 0 saturated carbocycles. The van der Waals surface area contributed by atoms with Gasteiger partial charge in [0, 0.05) is 26.2 Å². The summed E-state index contributed by atoms with van der Waals surface area (Å²) in [6.07, 6.45) is 2.09. The van der Waals surface area contributed by atoms with Gasteiger partial charge in [0.15, 0.2) is 0 Å². The Morgan fingerprint density at radius 3 is 1.32 bits per heavy atom. The standard InChI is InChI=1S/C19H41N9/c1-5-27(6-2)15-9-12-21-17-24-18(26-19(25-17)23-14-11-20)22-13-10-16-28(7-3)8-4/h5-16,20H2,1-4H3,(H3,21,22,23,24,25,26). The summed E-state index contributed by atoms with van der Waals surface area (Å²) in [6, 6.07) is 0. The first-order chi connectivity index (χ1) is 13.7. The average Bonchev–Trinajstić information content (AvgIpc) is 2.72. The van der Waals surface area contributed by atoms with Gasteiger partial charge < -0.3 is 31.5 Å². The summed E-state index contributed by atoms with van der Waals surface area (Å²) in [5, 5.41) is 9.79. The van der Waals surface area contributed by atoms with Crippen molar-refractivity contribution >= 4 is 17.8 Å². The van der Waals surface area contributed by atoms with Gasteiger partial charge in [-0.2, -0.15) is 15.0 Å². The number of anilines is 3. The summed E-state index contributed by atoms with van der Waals surface area (Å²) in [4.78, 5) is 18.2. The van der Waals surface area contributed by atoms with Crippen LogP contribution >= 0.6 is 0 Å². The maximum Gasteiger partial charge on any atom is 0.229 e. The average molecular weight is 396 g/mol. The molecule has 0 fully saturated rings. The highest BCUT2D eigenvalue weighted by molar-refractivity contribution is 5.42. The molecule has 0 saturated heterocycles. The van der Waals surface area contributed by atoms with E-state index in [9.17, 15) is 0 Å². The molecule has 28 heavy (non-hydrogen) atoms. The van der Waals surface area contributed by atoms with Gasteiger partial charge in [0.2, 0.25) is 17.8 Å². The van der Waals surface area contributed by atoms with Gasteiger partial charge in [0.25, 0.3) is 0 Å². The summed E-state index contributed by atoms with van der Waals surface area (Å²) in [5.41, 5.74) is 5.58. The lowest BCUT2D eigenvalue weighted by Crippen LogP contribution is -2.26. The van der Waals surface area contributed by atoms with Crippen molar-refractivity contribution in [2.45, 2.75) is 40.5 Å². The number of nitrogens with zero attached hydrogens (tertiary/aromatic N) is 5. The van der Waals surface area contributed by atoms with Gasteiger partial charge >= 0.3 is 0 Å². The Bertz CT molecular complexity index is 466. The van der Waals surface area contributed by atoms with E-state index in [1.54, 1.807) is 0 Å². The molecule has 1 heterocycles. The lowest BCUT2D eigenvalue weighted by atomic mass is 10.3. The molecule has 9 heteroatoms. The van der Waals surface area contributed by atoms with Crippen LogP contribution in [0.1, 0.15) is 40.5 Å². The highest BCUT2D eigenvalue weighted by Crippen LogP contribution is 2.09. The second kappa shape index (κ2) is 15.2. The minimum Gasteiger partial charge on any atom is -0.354 e. The van der Waals surface area contributed by atoms with Crippen molar-refractivity contribution in [1.29, 1.82) is 0 Å². The molecule has 5 N–H and O–H groups in total. The molecule has 0 aliphatic heterocycles. The van der Waals surface area contributed by atoms with E-state index in [4.69, 9.17) is 5.73 Å². The molecule has 0 aliphatic rings. The number of hydrogen-bond acceptors (Lipinski definition) is 9. The Kier molecular flexibility index (Phi) is 13.2. The second-order valence-electron chi connectivity index (χ2n) is 6.64. The SMILES string of the molecule is CCN(CC)CCCNc1nc(NCCN)nc(NCCCN(CC)CC)n1. The van der Waals surface area contributed by atoms with E-state index < -0.39 is 0 Å². The largest absolute Gasteiger partial charge is 0.354 e. The van der Waals surface area contributed by atoms with E-state index in [-0.39, 0.29) is 0 Å². The van der Waals surface area contributed by atoms with Crippen LogP contribution in [-0.2, 0) is 0 Å². The highest BCUT2D eigenvalue weighted by atomic mass is 15.3. The van der Waals surface area contributed by atoms with Gasteiger partial charge in [0.05, 0.1) is 0 Å². The Labute approximate surface area is 170 Å². The van der Waals surface area contributed by atoms with Crippen LogP contribution in [0.25, 0.3) is 0 Å². The predicted molar refractivity (Wildman–Crippen MR) is 119 cm³/mol. The van der Waals surface area contributed by atoms with Crippen LogP contribution in [0.4, 0.5) is 17.8 Å². The Balaban J connectivity index is 2.56. The van der Waals surface area contributed by atoms with Crippen molar-refractivity contribution < 1.29 is 0 Å². The Morgan fingerprint density at radius 2 is 1.00 bits per heavy atom. The third-order valence-corrected chi connectivity index (χ3v) is 4.72. The molecular weight excluding hydrogens is 354 g/mol. The summed E-state index contributed by atoms with van der Waals surface area (Å²) in [6.45, 7) is 18.1. The van der Waals surface area contributed by atoms with Gasteiger partial charge in [-0.15, -0.1) is 0 Å². The number of nitrogens with one attached hydrogen (secondary N) is 3. The smallest absolute Gasteiger partial charge is 0.229 e. The van der Waals surface area contributed by atoms with Crippen LogP contribution in [0, 0.1) is 0 Å². The molecule has 0 bridgehead atoms. The molecule has 0 atom stereocenters. The third-order valence-electron chi connectivity index (χ3n) is 4.72. The van der Waals surface area contributed by atoms with Crippen LogP contribution in [0.15, 0.2) is 0 Å². The molecule has 162 valence electrons. The molecule has 1 aromatic heterocycles. The van der Waals surface area contributed by atoms with Crippen molar-refractivity contribution in [2.24, 2.45) is 5.73 Å². The van der Waals surface area contributed by atoms with E-state index in [2.05, 4.69) is 68.4 Å². The lowest BCUT2D eigenvalue weighted by molar-refractivity contribution is 0.303. The fourth-order valence-electron chi connectivity index (χ4n) is 2.88. The molecule has 1 aromatic rings. The van der Waals surface area contributed by atoms with Crippen LogP contribution in [-0.4, -0.2) is 90.2 Å². The van der Waals surface area contributed by atoms with Gasteiger partial charge in [-0.1, -0.05) is 27.7 Å². The van der Waals surface area contributed by atoms with Crippen molar-refractivity contribution in [3.8, 4) is 0 Å². The topological polar surface area (TPSA) is 107 Å². The molecule has 0 radical (unpaired) electrons. The molecule has 0 aromatic carbocycles. The Hall–Kier alpha value is -1.71. The van der Waals surface area contributed by atoms with E-state index in [0.29, 0.717) is 30.9 Å². The number of rotatable bonds is 17. The first-order valence-electron chi connectivity index (χ1n) is 10.8. The van der Waals surface area contributed by atoms with Gasteiger partial charge in [-0.25, -0.2) is 0 Å². The molecule has 1 rings (SSSR count). The highest BCUT2D eigenvalue weighted by Gasteiger charge is 2.07. The van der Waals surface area contributed by atoms with Crippen molar-refractivity contribution in [3.63, 3.8) is 0 Å².